The van der Waals surface area contributed by atoms with Crippen LogP contribution in [0.2, 0.25) is 0 Å². The summed E-state index contributed by atoms with van der Waals surface area (Å²) in [5, 5.41) is 10.1. The van der Waals surface area contributed by atoms with E-state index in [9.17, 15) is 9.59 Å². The zero-order chi connectivity index (χ0) is 18.7. The van der Waals surface area contributed by atoms with Crippen LogP contribution in [0.25, 0.3) is 0 Å². The highest BCUT2D eigenvalue weighted by molar-refractivity contribution is 5.92. The number of nitrogens with one attached hydrogen (secondary N) is 2. The van der Waals surface area contributed by atoms with Crippen molar-refractivity contribution in [1.29, 1.82) is 0 Å². The Hall–Kier alpha value is -2.63. The maximum Gasteiger partial charge on any atom is 0.274 e. The minimum Gasteiger partial charge on any atom is -0.351 e. The van der Waals surface area contributed by atoms with Crippen LogP contribution >= 0.6 is 0 Å². The van der Waals surface area contributed by atoms with Crippen LogP contribution in [0.1, 0.15) is 53.5 Å². The number of aromatic amines is 1. The molecule has 0 saturated carbocycles. The minimum absolute atomic E-state index is 0.000379. The maximum absolute atomic E-state index is 12.6. The van der Waals surface area contributed by atoms with E-state index >= 15 is 0 Å². The molecule has 2 aromatic rings. The lowest BCUT2D eigenvalue weighted by Crippen LogP contribution is -2.39. The molecule has 26 heavy (non-hydrogen) atoms. The maximum atomic E-state index is 12.6. The molecule has 6 nitrogen and oxygen atoms in total. The third-order valence-electron chi connectivity index (χ3n) is 4.76. The molecule has 1 aliphatic heterocycles. The molecule has 3 rings (SSSR count). The Morgan fingerprint density at radius 2 is 2.04 bits per heavy atom. The summed E-state index contributed by atoms with van der Waals surface area (Å²) in [7, 11) is 0. The van der Waals surface area contributed by atoms with Gasteiger partial charge in [-0.25, -0.2) is 0 Å². The Kier molecular flexibility index (Phi) is 5.40. The average Bonchev–Trinajstić information content (AvgIpc) is 3.26. The Labute approximate surface area is 154 Å². The van der Waals surface area contributed by atoms with Crippen molar-refractivity contribution in [1.82, 2.24) is 20.4 Å². The Morgan fingerprint density at radius 1 is 1.31 bits per heavy atom. The molecule has 0 aliphatic carbocycles. The van der Waals surface area contributed by atoms with Gasteiger partial charge in [0.2, 0.25) is 5.91 Å². The van der Waals surface area contributed by atoms with Crippen LogP contribution in [0.3, 0.4) is 0 Å². The summed E-state index contributed by atoms with van der Waals surface area (Å²) in [6, 6.07) is 9.78. The van der Waals surface area contributed by atoms with Crippen molar-refractivity contribution >= 4 is 11.8 Å². The SMILES string of the molecule is Cc1ccc(CC(=O)NC2CCN(C(=O)c3cc(C(C)C)[nH]n3)C2)cc1. The van der Waals surface area contributed by atoms with E-state index in [-0.39, 0.29) is 17.9 Å². The lowest BCUT2D eigenvalue weighted by Gasteiger charge is -2.16. The zero-order valence-corrected chi connectivity index (χ0v) is 15.6. The smallest absolute Gasteiger partial charge is 0.274 e. The molecule has 0 radical (unpaired) electrons. The first kappa shape index (κ1) is 18.2. The van der Waals surface area contributed by atoms with Gasteiger partial charge in [0.15, 0.2) is 0 Å². The number of aromatic nitrogens is 2. The number of hydrogen-bond donors (Lipinski definition) is 2. The van der Waals surface area contributed by atoms with E-state index in [0.717, 1.165) is 17.7 Å². The number of carbonyl (C=O) groups excluding carboxylic acids is 2. The molecule has 0 spiro atoms. The predicted molar refractivity (Wildman–Crippen MR) is 100 cm³/mol. The third kappa shape index (κ3) is 4.31. The largest absolute Gasteiger partial charge is 0.351 e. The summed E-state index contributed by atoms with van der Waals surface area (Å²) >= 11 is 0. The van der Waals surface area contributed by atoms with Crippen LogP contribution in [0.5, 0.6) is 0 Å². The number of H-pyrrole nitrogens is 1. The second kappa shape index (κ2) is 7.72. The second-order valence-corrected chi connectivity index (χ2v) is 7.33. The molecule has 1 aliphatic rings. The first-order chi connectivity index (χ1) is 12.4. The van der Waals surface area contributed by atoms with E-state index in [1.54, 1.807) is 4.90 Å². The zero-order valence-electron chi connectivity index (χ0n) is 15.6. The number of rotatable bonds is 5. The van der Waals surface area contributed by atoms with Crippen LogP contribution in [-0.2, 0) is 11.2 Å². The minimum atomic E-state index is -0.0802. The molecule has 1 aromatic heterocycles. The fourth-order valence-corrected chi connectivity index (χ4v) is 3.14. The number of hydrogen-bond acceptors (Lipinski definition) is 3. The van der Waals surface area contributed by atoms with E-state index in [1.165, 1.54) is 5.56 Å². The van der Waals surface area contributed by atoms with E-state index in [4.69, 9.17) is 0 Å². The first-order valence-corrected chi connectivity index (χ1v) is 9.12. The predicted octanol–water partition coefficient (Wildman–Crippen LogP) is 2.41. The van der Waals surface area contributed by atoms with Gasteiger partial charge in [0.05, 0.1) is 6.42 Å². The lowest BCUT2D eigenvalue weighted by molar-refractivity contribution is -0.121. The molecule has 1 saturated heterocycles. The average molecular weight is 354 g/mol. The van der Waals surface area contributed by atoms with Gasteiger partial charge in [-0.2, -0.15) is 5.10 Å². The van der Waals surface area contributed by atoms with E-state index in [1.807, 2.05) is 37.3 Å². The molecule has 1 unspecified atom stereocenters. The summed E-state index contributed by atoms with van der Waals surface area (Å²) in [4.78, 5) is 26.6. The van der Waals surface area contributed by atoms with Crippen LogP contribution in [-0.4, -0.2) is 46.0 Å². The molecular weight excluding hydrogens is 328 g/mol. The molecule has 2 heterocycles. The van der Waals surface area contributed by atoms with Gasteiger partial charge in [-0.1, -0.05) is 43.7 Å². The van der Waals surface area contributed by atoms with Crippen molar-refractivity contribution in [2.45, 2.75) is 45.6 Å². The van der Waals surface area contributed by atoms with Gasteiger partial charge in [-0.3, -0.25) is 14.7 Å². The summed E-state index contributed by atoms with van der Waals surface area (Å²) < 4.78 is 0. The molecule has 6 heteroatoms. The number of carbonyl (C=O) groups is 2. The molecule has 1 atom stereocenters. The molecule has 2 amide bonds. The molecular formula is C20H26N4O2. The Balaban J connectivity index is 1.52. The number of aryl methyl sites for hydroxylation is 1. The van der Waals surface area contributed by atoms with E-state index in [0.29, 0.717) is 31.1 Å². The van der Waals surface area contributed by atoms with Crippen molar-refractivity contribution in [3.8, 4) is 0 Å². The lowest BCUT2D eigenvalue weighted by atomic mass is 10.1. The fourth-order valence-electron chi connectivity index (χ4n) is 3.14. The van der Waals surface area contributed by atoms with E-state index in [2.05, 4.69) is 29.4 Å². The summed E-state index contributed by atoms with van der Waals surface area (Å²) in [5.41, 5.74) is 3.57. The molecule has 2 N–H and O–H groups in total. The summed E-state index contributed by atoms with van der Waals surface area (Å²) in [6.45, 7) is 7.30. The van der Waals surface area contributed by atoms with Crippen molar-refractivity contribution in [2.24, 2.45) is 0 Å². The fraction of sp³-hybridized carbons (Fsp3) is 0.450. The highest BCUT2D eigenvalue weighted by Gasteiger charge is 2.29. The first-order valence-electron chi connectivity index (χ1n) is 9.12. The van der Waals surface area contributed by atoms with Gasteiger partial charge in [0.25, 0.3) is 5.91 Å². The highest BCUT2D eigenvalue weighted by atomic mass is 16.2. The second-order valence-electron chi connectivity index (χ2n) is 7.33. The van der Waals surface area contributed by atoms with Gasteiger partial charge in [-0.15, -0.1) is 0 Å². The van der Waals surface area contributed by atoms with Crippen molar-refractivity contribution in [2.75, 3.05) is 13.1 Å². The van der Waals surface area contributed by atoms with Crippen molar-refractivity contribution < 1.29 is 9.59 Å². The quantitative estimate of drug-likeness (QED) is 0.865. The van der Waals surface area contributed by atoms with Crippen molar-refractivity contribution in [3.63, 3.8) is 0 Å². The molecule has 1 fully saturated rings. The normalized spacial score (nSPS) is 16.9. The topological polar surface area (TPSA) is 78.1 Å². The van der Waals surface area contributed by atoms with Gasteiger partial charge < -0.3 is 10.2 Å². The molecule has 138 valence electrons. The Morgan fingerprint density at radius 3 is 2.69 bits per heavy atom. The molecule has 1 aromatic carbocycles. The number of nitrogens with zero attached hydrogens (tertiary/aromatic N) is 2. The van der Waals surface area contributed by atoms with Crippen LogP contribution in [0.15, 0.2) is 30.3 Å². The number of amides is 2. The van der Waals surface area contributed by atoms with E-state index < -0.39 is 0 Å². The van der Waals surface area contributed by atoms with Crippen LogP contribution < -0.4 is 5.32 Å². The standard InChI is InChI=1S/C20H26N4O2/c1-13(2)17-11-18(23-22-17)20(26)24-9-8-16(12-24)21-19(25)10-15-6-4-14(3)5-7-15/h4-7,11,13,16H,8-10,12H2,1-3H3,(H,21,25)(H,22,23). The summed E-state index contributed by atoms with van der Waals surface area (Å²) in [6.07, 6.45) is 1.13. The van der Waals surface area contributed by atoms with Crippen molar-refractivity contribution in [3.05, 3.63) is 52.8 Å². The van der Waals surface area contributed by atoms with Gasteiger partial charge in [0.1, 0.15) is 5.69 Å². The van der Waals surface area contributed by atoms with Gasteiger partial charge >= 0.3 is 0 Å². The highest BCUT2D eigenvalue weighted by Crippen LogP contribution is 2.16. The Bertz CT molecular complexity index is 779. The number of benzene rings is 1. The number of likely N-dealkylation sites (tertiary alicyclic amines) is 1. The van der Waals surface area contributed by atoms with Crippen LogP contribution in [0, 0.1) is 6.92 Å². The monoisotopic (exact) mass is 354 g/mol. The summed E-state index contributed by atoms with van der Waals surface area (Å²) in [5.74, 6) is 0.217. The molecule has 0 bridgehead atoms. The van der Waals surface area contributed by atoms with Gasteiger partial charge in [0, 0.05) is 24.8 Å². The van der Waals surface area contributed by atoms with Gasteiger partial charge in [-0.05, 0) is 30.9 Å². The third-order valence-corrected chi connectivity index (χ3v) is 4.76. The van der Waals surface area contributed by atoms with Crippen LogP contribution in [0.4, 0.5) is 0 Å².